The number of halogens is 6. The molecule has 0 N–H and O–H groups in total. The van der Waals surface area contributed by atoms with E-state index < -0.39 is 0 Å². The molecule has 8 heteroatoms. The largest absolute Gasteiger partial charge is 0.244 e. The Morgan fingerprint density at radius 2 is 1.12 bits per heavy atom. The summed E-state index contributed by atoms with van der Waals surface area (Å²) in [6.07, 6.45) is 1.53. The zero-order valence-electron chi connectivity index (χ0n) is 12.6. The van der Waals surface area contributed by atoms with Gasteiger partial charge in [-0.2, -0.15) is 5.26 Å². The highest BCUT2D eigenvalue weighted by Gasteiger charge is 2.16. The normalized spacial score (nSPS) is 10.7. The first-order chi connectivity index (χ1) is 12.3. The van der Waals surface area contributed by atoms with Gasteiger partial charge in [0.15, 0.2) is 0 Å². The van der Waals surface area contributed by atoms with Crippen molar-refractivity contribution in [2.75, 3.05) is 0 Å². The van der Waals surface area contributed by atoms with Crippen LogP contribution in [0.5, 0.6) is 0 Å². The molecule has 0 amide bonds. The van der Waals surface area contributed by atoms with Gasteiger partial charge in [-0.05, 0) is 30.3 Å². The predicted molar refractivity (Wildman–Crippen MR) is 110 cm³/mol. The first-order valence-corrected chi connectivity index (χ1v) is 9.28. The highest BCUT2D eigenvalue weighted by atomic mass is 35.5. The number of pyridine rings is 1. The maximum atomic E-state index is 9.41. The van der Waals surface area contributed by atoms with E-state index in [0.29, 0.717) is 52.4 Å². The summed E-state index contributed by atoms with van der Waals surface area (Å²) < 4.78 is 0. The summed E-state index contributed by atoms with van der Waals surface area (Å²) in [4.78, 5) is 4.21. The number of nitrogens with zero attached hydrogens (tertiary/aromatic N) is 2. The molecule has 0 bridgehead atoms. The molecule has 0 aliphatic carbocycles. The Kier molecular flexibility index (Phi) is 5.89. The summed E-state index contributed by atoms with van der Waals surface area (Å²) >= 11 is 36.7. The minimum Gasteiger partial charge on any atom is -0.244 e. The molecule has 0 spiro atoms. The van der Waals surface area contributed by atoms with E-state index in [-0.39, 0.29) is 5.69 Å². The van der Waals surface area contributed by atoms with E-state index in [1.165, 1.54) is 12.3 Å². The van der Waals surface area contributed by atoms with Gasteiger partial charge in [0.2, 0.25) is 0 Å². The summed E-state index contributed by atoms with van der Waals surface area (Å²) in [7, 11) is 0. The Morgan fingerprint density at radius 3 is 1.69 bits per heavy atom. The lowest BCUT2D eigenvalue weighted by Crippen LogP contribution is -1.93. The highest BCUT2D eigenvalue weighted by molar-refractivity contribution is 6.44. The average molecular weight is 463 g/mol. The van der Waals surface area contributed by atoms with Crippen molar-refractivity contribution in [3.8, 4) is 28.3 Å². The van der Waals surface area contributed by atoms with Gasteiger partial charge in [0.1, 0.15) is 11.8 Å². The Morgan fingerprint density at radius 1 is 0.615 bits per heavy atom. The molecule has 1 heterocycles. The lowest BCUT2D eigenvalue weighted by molar-refractivity contribution is 1.26. The molecule has 0 saturated heterocycles. The molecule has 0 aliphatic rings. The quantitative estimate of drug-likeness (QED) is 0.360. The van der Waals surface area contributed by atoms with E-state index in [0.717, 1.165) is 0 Å². The van der Waals surface area contributed by atoms with E-state index in [1.54, 1.807) is 24.3 Å². The van der Waals surface area contributed by atoms with Crippen molar-refractivity contribution in [3.63, 3.8) is 0 Å². The molecular weight excluding hydrogens is 457 g/mol. The molecule has 0 radical (unpaired) electrons. The summed E-state index contributed by atoms with van der Waals surface area (Å²) in [5.74, 6) is 0. The zero-order chi connectivity index (χ0) is 19.0. The maximum Gasteiger partial charge on any atom is 0.148 e. The molecule has 2 aromatic carbocycles. The van der Waals surface area contributed by atoms with Crippen LogP contribution in [-0.2, 0) is 0 Å². The smallest absolute Gasteiger partial charge is 0.148 e. The third-order valence-electron chi connectivity index (χ3n) is 3.61. The first kappa shape index (κ1) is 19.6. The lowest BCUT2D eigenvalue weighted by Gasteiger charge is -2.12. The van der Waals surface area contributed by atoms with Crippen molar-refractivity contribution in [1.82, 2.24) is 4.98 Å². The second-order valence-corrected chi connectivity index (χ2v) is 7.67. The second-order valence-electron chi connectivity index (χ2n) is 5.22. The van der Waals surface area contributed by atoms with Crippen molar-refractivity contribution >= 4 is 69.6 Å². The van der Waals surface area contributed by atoms with Crippen LogP contribution in [-0.4, -0.2) is 4.98 Å². The zero-order valence-corrected chi connectivity index (χ0v) is 17.2. The summed E-state index contributed by atoms with van der Waals surface area (Å²) in [5.41, 5.74) is 2.48. The second kappa shape index (κ2) is 7.82. The van der Waals surface area contributed by atoms with Crippen molar-refractivity contribution in [3.05, 3.63) is 72.4 Å². The number of hydrogen-bond donors (Lipinski definition) is 0. The predicted octanol–water partition coefficient (Wildman–Crippen LogP) is 8.21. The van der Waals surface area contributed by atoms with Crippen LogP contribution in [0.1, 0.15) is 5.69 Å². The Labute approximate surface area is 179 Å². The molecule has 2 nitrogen and oxygen atoms in total. The molecule has 3 rings (SSSR count). The standard InChI is InChI=1S/C18H6Cl6N2/c19-12-4-16(23)14(21)2-9(12)8-1-11(18(6-25)26-7-8)10-3-15(22)17(24)5-13(10)20/h1-5,7H. The number of hydrogen-bond acceptors (Lipinski definition) is 2. The molecule has 0 saturated carbocycles. The van der Waals surface area contributed by atoms with Crippen molar-refractivity contribution in [1.29, 1.82) is 5.26 Å². The van der Waals surface area contributed by atoms with Gasteiger partial charge in [0.25, 0.3) is 0 Å². The van der Waals surface area contributed by atoms with Crippen LogP contribution in [0.15, 0.2) is 36.5 Å². The molecule has 0 fully saturated rings. The van der Waals surface area contributed by atoms with E-state index in [1.807, 2.05) is 6.07 Å². The van der Waals surface area contributed by atoms with Gasteiger partial charge in [-0.25, -0.2) is 4.98 Å². The minimum atomic E-state index is 0.185. The minimum absolute atomic E-state index is 0.185. The number of rotatable bonds is 2. The summed E-state index contributed by atoms with van der Waals surface area (Å²) in [5, 5.41) is 11.5. The lowest BCUT2D eigenvalue weighted by atomic mass is 9.99. The van der Waals surface area contributed by atoms with Crippen LogP contribution in [0.2, 0.25) is 30.1 Å². The van der Waals surface area contributed by atoms with Gasteiger partial charge in [0, 0.05) is 28.5 Å². The van der Waals surface area contributed by atoms with Gasteiger partial charge in [-0.3, -0.25) is 0 Å². The van der Waals surface area contributed by atoms with Crippen LogP contribution < -0.4 is 0 Å². The molecule has 0 atom stereocenters. The van der Waals surface area contributed by atoms with Gasteiger partial charge in [-0.1, -0.05) is 69.6 Å². The molecular formula is C18H6Cl6N2. The van der Waals surface area contributed by atoms with E-state index >= 15 is 0 Å². The van der Waals surface area contributed by atoms with Crippen LogP contribution in [0.25, 0.3) is 22.3 Å². The first-order valence-electron chi connectivity index (χ1n) is 7.01. The van der Waals surface area contributed by atoms with Crippen molar-refractivity contribution in [2.24, 2.45) is 0 Å². The van der Waals surface area contributed by atoms with Crippen LogP contribution >= 0.6 is 69.6 Å². The topological polar surface area (TPSA) is 36.7 Å². The Balaban J connectivity index is 2.26. The molecule has 3 aromatic rings. The Bertz CT molecular complexity index is 1070. The van der Waals surface area contributed by atoms with E-state index in [4.69, 9.17) is 69.6 Å². The number of benzene rings is 2. The van der Waals surface area contributed by atoms with Crippen LogP contribution in [0, 0.1) is 11.3 Å². The van der Waals surface area contributed by atoms with Gasteiger partial charge in [0.05, 0.1) is 30.1 Å². The van der Waals surface area contributed by atoms with Crippen LogP contribution in [0.4, 0.5) is 0 Å². The number of aromatic nitrogens is 1. The molecule has 26 heavy (non-hydrogen) atoms. The van der Waals surface area contributed by atoms with Crippen molar-refractivity contribution in [2.45, 2.75) is 0 Å². The Hall–Kier alpha value is -1.18. The average Bonchev–Trinajstić information content (AvgIpc) is 2.61. The molecule has 130 valence electrons. The van der Waals surface area contributed by atoms with Gasteiger partial charge >= 0.3 is 0 Å². The molecule has 0 aliphatic heterocycles. The third-order valence-corrected chi connectivity index (χ3v) is 5.68. The SMILES string of the molecule is N#Cc1ncc(-c2cc(Cl)c(Cl)cc2Cl)cc1-c1cc(Cl)c(Cl)cc1Cl. The molecule has 1 aromatic heterocycles. The highest BCUT2D eigenvalue weighted by Crippen LogP contribution is 2.40. The fraction of sp³-hybridized carbons (Fsp3) is 0. The van der Waals surface area contributed by atoms with Crippen LogP contribution in [0.3, 0.4) is 0 Å². The maximum absolute atomic E-state index is 9.41. The van der Waals surface area contributed by atoms with E-state index in [9.17, 15) is 5.26 Å². The number of nitriles is 1. The fourth-order valence-corrected chi connectivity index (χ4v) is 3.68. The monoisotopic (exact) mass is 460 g/mol. The van der Waals surface area contributed by atoms with Gasteiger partial charge < -0.3 is 0 Å². The van der Waals surface area contributed by atoms with E-state index in [2.05, 4.69) is 4.98 Å². The van der Waals surface area contributed by atoms with Crippen molar-refractivity contribution < 1.29 is 0 Å². The van der Waals surface area contributed by atoms with Gasteiger partial charge in [-0.15, -0.1) is 0 Å². The third kappa shape index (κ3) is 3.75. The summed E-state index contributed by atoms with van der Waals surface area (Å²) in [6, 6.07) is 10.1. The summed E-state index contributed by atoms with van der Waals surface area (Å²) in [6.45, 7) is 0. The molecule has 0 unspecified atom stereocenters. The fourth-order valence-electron chi connectivity index (χ4n) is 2.38.